The first-order chi connectivity index (χ1) is 14.3. The molecule has 2 N–H and O–H groups in total. The van der Waals surface area contributed by atoms with Gasteiger partial charge in [-0.25, -0.2) is 5.43 Å². The van der Waals surface area contributed by atoms with Gasteiger partial charge >= 0.3 is 11.8 Å². The van der Waals surface area contributed by atoms with Gasteiger partial charge in [0.25, 0.3) is 0 Å². The quantitative estimate of drug-likeness (QED) is 0.370. The molecule has 1 aromatic heterocycles. The minimum Gasteiger partial charge on any atom is -0.318 e. The fourth-order valence-corrected chi connectivity index (χ4v) is 3.48. The number of benzene rings is 2. The predicted molar refractivity (Wildman–Crippen MR) is 121 cm³/mol. The van der Waals surface area contributed by atoms with Crippen LogP contribution in [-0.2, 0) is 9.59 Å². The molecule has 0 saturated carbocycles. The molecule has 0 atom stereocenters. The number of anilines is 1. The lowest BCUT2D eigenvalue weighted by atomic mass is 10.1. The number of para-hydroxylation sites is 1. The van der Waals surface area contributed by atoms with Crippen molar-refractivity contribution in [1.82, 2.24) is 9.99 Å². The number of aromatic nitrogens is 1. The molecule has 154 valence electrons. The summed E-state index contributed by atoms with van der Waals surface area (Å²) >= 11 is 5.81. The third-order valence-corrected chi connectivity index (χ3v) is 5.06. The zero-order valence-corrected chi connectivity index (χ0v) is 18.0. The lowest BCUT2D eigenvalue weighted by molar-refractivity contribution is -0.136. The first kappa shape index (κ1) is 21.3. The number of halogens is 1. The predicted octanol–water partition coefficient (Wildman–Crippen LogP) is 4.45. The van der Waals surface area contributed by atoms with Gasteiger partial charge in [-0.05, 0) is 69.2 Å². The Hall–Kier alpha value is -3.38. The van der Waals surface area contributed by atoms with Gasteiger partial charge < -0.3 is 9.88 Å². The van der Waals surface area contributed by atoms with Gasteiger partial charge in [0, 0.05) is 27.7 Å². The minimum atomic E-state index is -0.857. The van der Waals surface area contributed by atoms with Crippen molar-refractivity contribution in [1.29, 1.82) is 0 Å². The molecule has 1 heterocycles. The highest BCUT2D eigenvalue weighted by Gasteiger charge is 2.15. The number of hydrogen-bond donors (Lipinski definition) is 2. The molecule has 3 rings (SSSR count). The van der Waals surface area contributed by atoms with E-state index in [-0.39, 0.29) is 0 Å². The van der Waals surface area contributed by atoms with E-state index >= 15 is 0 Å². The molecular weight excluding hydrogens is 400 g/mol. The minimum absolute atomic E-state index is 0.473. The molecule has 6 nitrogen and oxygen atoms in total. The second-order valence-corrected chi connectivity index (χ2v) is 7.50. The Balaban J connectivity index is 1.72. The van der Waals surface area contributed by atoms with Crippen LogP contribution in [0.2, 0.25) is 5.02 Å². The lowest BCUT2D eigenvalue weighted by Crippen LogP contribution is -2.32. The Kier molecular flexibility index (Phi) is 6.37. The number of aryl methyl sites for hydroxylation is 3. The summed E-state index contributed by atoms with van der Waals surface area (Å²) in [6, 6.07) is 14.7. The normalized spacial score (nSPS) is 11.0. The molecule has 2 amide bonds. The second kappa shape index (κ2) is 8.97. The summed E-state index contributed by atoms with van der Waals surface area (Å²) in [7, 11) is 0. The summed E-state index contributed by atoms with van der Waals surface area (Å²) in [6.07, 6.45) is 1.54. The fraction of sp³-hybridized carbons (Fsp3) is 0.174. The molecule has 0 bridgehead atoms. The maximum Gasteiger partial charge on any atom is 0.329 e. The van der Waals surface area contributed by atoms with Crippen LogP contribution in [0.5, 0.6) is 0 Å². The fourth-order valence-electron chi connectivity index (χ4n) is 3.35. The van der Waals surface area contributed by atoms with Crippen LogP contribution in [0.25, 0.3) is 5.69 Å². The summed E-state index contributed by atoms with van der Waals surface area (Å²) in [4.78, 5) is 24.0. The van der Waals surface area contributed by atoms with E-state index in [1.807, 2.05) is 26.0 Å². The maximum atomic E-state index is 12.0. The van der Waals surface area contributed by atoms with Gasteiger partial charge in [-0.1, -0.05) is 29.8 Å². The van der Waals surface area contributed by atoms with Crippen molar-refractivity contribution in [2.24, 2.45) is 5.10 Å². The van der Waals surface area contributed by atoms with Crippen molar-refractivity contribution in [3.63, 3.8) is 0 Å². The van der Waals surface area contributed by atoms with Crippen LogP contribution >= 0.6 is 11.6 Å². The smallest absolute Gasteiger partial charge is 0.318 e. The molecule has 3 aromatic rings. The van der Waals surface area contributed by atoms with Crippen LogP contribution in [0.3, 0.4) is 0 Å². The largest absolute Gasteiger partial charge is 0.329 e. The summed E-state index contributed by atoms with van der Waals surface area (Å²) in [6.45, 7) is 8.17. The number of nitrogens with zero attached hydrogens (tertiary/aromatic N) is 2. The molecule has 2 aromatic carbocycles. The van der Waals surface area contributed by atoms with Crippen LogP contribution in [0, 0.1) is 27.7 Å². The molecule has 0 saturated heterocycles. The summed E-state index contributed by atoms with van der Waals surface area (Å²) in [5.74, 6) is -1.67. The number of nitrogens with one attached hydrogen (secondary N) is 2. The molecule has 0 spiro atoms. The van der Waals surface area contributed by atoms with Crippen LogP contribution < -0.4 is 10.7 Å². The summed E-state index contributed by atoms with van der Waals surface area (Å²) in [5.41, 5.74) is 9.12. The average molecular weight is 423 g/mol. The van der Waals surface area contributed by atoms with Gasteiger partial charge in [0.15, 0.2) is 0 Å². The van der Waals surface area contributed by atoms with E-state index in [1.54, 1.807) is 30.5 Å². The molecule has 0 aliphatic rings. The van der Waals surface area contributed by atoms with Crippen LogP contribution in [-0.4, -0.2) is 22.6 Å². The highest BCUT2D eigenvalue weighted by molar-refractivity contribution is 6.39. The molecule has 0 aliphatic heterocycles. The maximum absolute atomic E-state index is 12.0. The third kappa shape index (κ3) is 4.60. The summed E-state index contributed by atoms with van der Waals surface area (Å²) < 4.78 is 2.17. The Morgan fingerprint density at radius 1 is 0.967 bits per heavy atom. The first-order valence-corrected chi connectivity index (χ1v) is 9.81. The number of amides is 2. The van der Waals surface area contributed by atoms with Gasteiger partial charge in [0.05, 0.1) is 11.9 Å². The molecule has 0 aliphatic carbocycles. The van der Waals surface area contributed by atoms with Crippen molar-refractivity contribution < 1.29 is 9.59 Å². The monoisotopic (exact) mass is 422 g/mol. The molecular formula is C23H23ClN4O2. The zero-order chi connectivity index (χ0) is 21.8. The third-order valence-electron chi connectivity index (χ3n) is 4.81. The number of rotatable bonds is 4. The lowest BCUT2D eigenvalue weighted by Gasteiger charge is -2.15. The topological polar surface area (TPSA) is 75.5 Å². The van der Waals surface area contributed by atoms with Gasteiger partial charge in [-0.15, -0.1) is 0 Å². The number of carbonyl (C=O) groups is 2. The first-order valence-electron chi connectivity index (χ1n) is 9.43. The highest BCUT2D eigenvalue weighted by atomic mass is 35.5. The Morgan fingerprint density at radius 3 is 2.23 bits per heavy atom. The molecule has 0 fully saturated rings. The molecule has 0 unspecified atom stereocenters. The van der Waals surface area contributed by atoms with E-state index in [1.165, 1.54) is 11.1 Å². The van der Waals surface area contributed by atoms with E-state index in [0.717, 1.165) is 22.6 Å². The summed E-state index contributed by atoms with van der Waals surface area (Å²) in [5, 5.41) is 6.98. The van der Waals surface area contributed by atoms with Crippen molar-refractivity contribution >= 4 is 35.3 Å². The molecule has 30 heavy (non-hydrogen) atoms. The molecule has 0 radical (unpaired) electrons. The van der Waals surface area contributed by atoms with Gasteiger partial charge in [0.1, 0.15) is 0 Å². The van der Waals surface area contributed by atoms with Gasteiger partial charge in [-0.3, -0.25) is 9.59 Å². The van der Waals surface area contributed by atoms with E-state index in [2.05, 4.69) is 46.4 Å². The Morgan fingerprint density at radius 2 is 1.60 bits per heavy atom. The number of hydrazone groups is 1. The Bertz CT molecular complexity index is 1110. The van der Waals surface area contributed by atoms with Crippen molar-refractivity contribution in [3.8, 4) is 5.69 Å². The standard InChI is InChI=1S/C23H23ClN4O2/c1-14-6-5-7-15(2)21(14)28-16(3)12-18(17(28)4)13-25-27-23(30)22(29)26-20-10-8-19(24)9-11-20/h5-13H,1-4H3,(H,26,29)(H,27,30)/b25-13-. The number of hydrogen-bond acceptors (Lipinski definition) is 3. The van der Waals surface area contributed by atoms with Gasteiger partial charge in [-0.2, -0.15) is 5.10 Å². The highest BCUT2D eigenvalue weighted by Crippen LogP contribution is 2.25. The van der Waals surface area contributed by atoms with E-state index in [0.29, 0.717) is 10.7 Å². The zero-order valence-electron chi connectivity index (χ0n) is 17.3. The van der Waals surface area contributed by atoms with Crippen LogP contribution in [0.4, 0.5) is 5.69 Å². The Labute approximate surface area is 180 Å². The SMILES string of the molecule is Cc1cccc(C)c1-n1c(C)cc(/C=N\NC(=O)C(=O)Nc2ccc(Cl)cc2)c1C. The van der Waals surface area contributed by atoms with E-state index in [4.69, 9.17) is 11.6 Å². The van der Waals surface area contributed by atoms with Crippen molar-refractivity contribution in [3.05, 3.63) is 81.6 Å². The average Bonchev–Trinajstić information content (AvgIpc) is 2.97. The van der Waals surface area contributed by atoms with Gasteiger partial charge in [0.2, 0.25) is 0 Å². The van der Waals surface area contributed by atoms with Crippen molar-refractivity contribution in [2.75, 3.05) is 5.32 Å². The van der Waals surface area contributed by atoms with Crippen LogP contribution in [0.15, 0.2) is 53.6 Å². The van der Waals surface area contributed by atoms with Crippen LogP contribution in [0.1, 0.15) is 28.1 Å². The van der Waals surface area contributed by atoms with E-state index < -0.39 is 11.8 Å². The van der Waals surface area contributed by atoms with Crippen molar-refractivity contribution in [2.45, 2.75) is 27.7 Å². The van der Waals surface area contributed by atoms with E-state index in [9.17, 15) is 9.59 Å². The number of carbonyl (C=O) groups excluding carboxylic acids is 2. The molecule has 7 heteroatoms. The second-order valence-electron chi connectivity index (χ2n) is 7.06.